The molecule has 29 heavy (non-hydrogen) atoms. The molecule has 150 valence electrons. The standard InChI is InChI=1S/C19H12F3NO5S/c20-19(21,22)10-4-1-8(2-5-10)9-3-6-11-12(7-9)29-18(28)13(15(11)24)16(25)14(23)17(26)27/h1-7,14,28H,23H2,(H,26,27). The van der Waals surface area contributed by atoms with Crippen molar-refractivity contribution in [3.8, 4) is 16.2 Å². The van der Waals surface area contributed by atoms with Crippen molar-refractivity contribution in [1.29, 1.82) is 0 Å². The van der Waals surface area contributed by atoms with Crippen LogP contribution >= 0.6 is 11.3 Å². The number of nitrogens with two attached hydrogens (primary N) is 1. The Hall–Kier alpha value is -3.24. The number of hydrogen-bond donors (Lipinski definition) is 3. The highest BCUT2D eigenvalue weighted by molar-refractivity contribution is 7.20. The molecule has 6 nitrogen and oxygen atoms in total. The quantitative estimate of drug-likeness (QED) is 0.438. The molecular formula is C19H12F3NO5S. The Morgan fingerprint density at radius 3 is 2.17 bits per heavy atom. The van der Waals surface area contributed by atoms with E-state index in [-0.39, 0.29) is 10.1 Å². The van der Waals surface area contributed by atoms with E-state index in [0.717, 1.165) is 12.1 Å². The van der Waals surface area contributed by atoms with E-state index in [4.69, 9.17) is 10.8 Å². The van der Waals surface area contributed by atoms with Gasteiger partial charge in [0.05, 0.1) is 5.56 Å². The van der Waals surface area contributed by atoms with Crippen molar-refractivity contribution in [2.24, 2.45) is 5.73 Å². The summed E-state index contributed by atoms with van der Waals surface area (Å²) >= 11 is 0.662. The lowest BCUT2D eigenvalue weighted by molar-refractivity contribution is -0.138. The highest BCUT2D eigenvalue weighted by Crippen LogP contribution is 2.34. The van der Waals surface area contributed by atoms with E-state index < -0.39 is 45.6 Å². The van der Waals surface area contributed by atoms with E-state index in [1.165, 1.54) is 30.3 Å². The lowest BCUT2D eigenvalue weighted by Gasteiger charge is -2.10. The van der Waals surface area contributed by atoms with Crippen LogP contribution in [0.4, 0.5) is 13.2 Å². The molecular weight excluding hydrogens is 411 g/mol. The molecule has 3 aromatic rings. The maximum Gasteiger partial charge on any atom is 0.416 e. The Balaban J connectivity index is 2.08. The zero-order chi connectivity index (χ0) is 21.5. The Labute approximate surface area is 164 Å². The summed E-state index contributed by atoms with van der Waals surface area (Å²) in [6, 6.07) is 6.71. The van der Waals surface area contributed by atoms with Gasteiger partial charge >= 0.3 is 12.1 Å². The Morgan fingerprint density at radius 1 is 1.03 bits per heavy atom. The smallest absolute Gasteiger partial charge is 0.416 e. The highest BCUT2D eigenvalue weighted by Gasteiger charge is 2.30. The van der Waals surface area contributed by atoms with Gasteiger partial charge in [-0.2, -0.15) is 13.2 Å². The third kappa shape index (κ3) is 3.84. The molecule has 1 unspecified atom stereocenters. The van der Waals surface area contributed by atoms with E-state index in [9.17, 15) is 32.7 Å². The highest BCUT2D eigenvalue weighted by atomic mass is 32.1. The molecule has 10 heteroatoms. The predicted octanol–water partition coefficient (Wildman–Crippen LogP) is 3.25. The zero-order valence-electron chi connectivity index (χ0n) is 14.4. The van der Waals surface area contributed by atoms with Crippen molar-refractivity contribution in [3.63, 3.8) is 0 Å². The van der Waals surface area contributed by atoms with Gasteiger partial charge in [0.2, 0.25) is 5.43 Å². The molecule has 0 saturated heterocycles. The first-order valence-corrected chi connectivity index (χ1v) is 8.82. The van der Waals surface area contributed by atoms with E-state index in [2.05, 4.69) is 0 Å². The number of Topliss-reactive ketones (excluding diaryl/α,β-unsaturated/α-hetero) is 1. The van der Waals surface area contributed by atoms with E-state index in [0.29, 0.717) is 22.5 Å². The summed E-state index contributed by atoms with van der Waals surface area (Å²) < 4.78 is 38.4. The molecule has 0 radical (unpaired) electrons. The number of carbonyl (C=O) groups excluding carboxylic acids is 1. The van der Waals surface area contributed by atoms with Gasteiger partial charge in [0, 0.05) is 10.1 Å². The number of hydrogen-bond acceptors (Lipinski definition) is 6. The van der Waals surface area contributed by atoms with Crippen LogP contribution in [0.3, 0.4) is 0 Å². The van der Waals surface area contributed by atoms with Gasteiger partial charge in [-0.25, -0.2) is 0 Å². The molecule has 1 heterocycles. The number of halogens is 3. The topological polar surface area (TPSA) is 118 Å². The molecule has 0 bridgehead atoms. The van der Waals surface area contributed by atoms with Crippen molar-refractivity contribution in [3.05, 3.63) is 63.8 Å². The summed E-state index contributed by atoms with van der Waals surface area (Å²) in [5, 5.41) is 18.3. The zero-order valence-corrected chi connectivity index (χ0v) is 15.2. The van der Waals surface area contributed by atoms with Gasteiger partial charge in [0.1, 0.15) is 5.56 Å². The monoisotopic (exact) mass is 423 g/mol. The van der Waals surface area contributed by atoms with Gasteiger partial charge in [-0.15, -0.1) is 0 Å². The van der Waals surface area contributed by atoms with Gasteiger partial charge in [0.25, 0.3) is 0 Å². The van der Waals surface area contributed by atoms with Crippen molar-refractivity contribution in [1.82, 2.24) is 0 Å². The minimum Gasteiger partial charge on any atom is -0.499 e. The number of aliphatic carboxylic acids is 1. The van der Waals surface area contributed by atoms with Crippen LogP contribution in [-0.2, 0) is 11.0 Å². The first-order chi connectivity index (χ1) is 13.5. The molecule has 0 aliphatic carbocycles. The number of benzene rings is 2. The number of ketones is 1. The number of carboxylic acid groups (broad SMARTS) is 1. The van der Waals surface area contributed by atoms with Gasteiger partial charge < -0.3 is 15.9 Å². The average Bonchev–Trinajstić information content (AvgIpc) is 2.66. The van der Waals surface area contributed by atoms with Crippen LogP contribution in [0.25, 0.3) is 21.2 Å². The van der Waals surface area contributed by atoms with Crippen molar-refractivity contribution >= 4 is 33.2 Å². The summed E-state index contributed by atoms with van der Waals surface area (Å²) in [7, 11) is 0. The largest absolute Gasteiger partial charge is 0.499 e. The first-order valence-electron chi connectivity index (χ1n) is 8.00. The molecule has 1 aromatic heterocycles. The fourth-order valence-electron chi connectivity index (χ4n) is 2.70. The van der Waals surface area contributed by atoms with Gasteiger partial charge in [-0.1, -0.05) is 29.5 Å². The lowest BCUT2D eigenvalue weighted by Crippen LogP contribution is -2.40. The van der Waals surface area contributed by atoms with E-state index in [1.54, 1.807) is 0 Å². The molecule has 4 N–H and O–H groups in total. The molecule has 3 rings (SSSR count). The van der Waals surface area contributed by atoms with E-state index in [1.807, 2.05) is 0 Å². The second-order valence-corrected chi connectivity index (χ2v) is 7.11. The number of aromatic hydroxyl groups is 1. The Morgan fingerprint density at radius 2 is 1.62 bits per heavy atom. The van der Waals surface area contributed by atoms with Crippen LogP contribution in [0.2, 0.25) is 0 Å². The van der Waals surface area contributed by atoms with Crippen molar-refractivity contribution in [2.75, 3.05) is 0 Å². The molecule has 2 aromatic carbocycles. The minimum atomic E-state index is -4.47. The number of carboxylic acids is 1. The second-order valence-electron chi connectivity index (χ2n) is 6.08. The molecule has 0 spiro atoms. The fourth-order valence-corrected chi connectivity index (χ4v) is 3.66. The fraction of sp³-hybridized carbons (Fsp3) is 0.105. The number of rotatable bonds is 4. The summed E-state index contributed by atoms with van der Waals surface area (Å²) in [5.74, 6) is -2.86. The average molecular weight is 423 g/mol. The summed E-state index contributed by atoms with van der Waals surface area (Å²) in [6.45, 7) is 0. The van der Waals surface area contributed by atoms with Gasteiger partial charge in [-0.05, 0) is 35.4 Å². The lowest BCUT2D eigenvalue weighted by atomic mass is 10.0. The first kappa shape index (κ1) is 20.5. The number of fused-ring (bicyclic) bond motifs is 1. The van der Waals surface area contributed by atoms with Gasteiger partial charge in [-0.3, -0.25) is 14.4 Å². The van der Waals surface area contributed by atoms with Crippen LogP contribution in [0.5, 0.6) is 5.06 Å². The molecule has 0 aliphatic heterocycles. The van der Waals surface area contributed by atoms with Crippen LogP contribution in [0.1, 0.15) is 15.9 Å². The molecule has 0 saturated carbocycles. The third-order valence-corrected chi connectivity index (χ3v) is 5.17. The SMILES string of the molecule is NC(C(=O)O)C(=O)c1c(O)sc2cc(-c3ccc(C(F)(F)F)cc3)ccc2c1=O. The van der Waals surface area contributed by atoms with Crippen molar-refractivity contribution in [2.45, 2.75) is 12.2 Å². The Bertz CT molecular complexity index is 1190. The summed E-state index contributed by atoms with van der Waals surface area (Å²) in [4.78, 5) is 35.6. The Kier molecular flexibility index (Phi) is 5.16. The second kappa shape index (κ2) is 7.30. The van der Waals surface area contributed by atoms with E-state index >= 15 is 0 Å². The molecule has 0 aliphatic rings. The van der Waals surface area contributed by atoms with Crippen LogP contribution in [0, 0.1) is 0 Å². The third-order valence-electron chi connectivity index (χ3n) is 4.21. The maximum absolute atomic E-state index is 12.7. The van der Waals surface area contributed by atoms with Gasteiger partial charge in [0.15, 0.2) is 16.9 Å². The normalized spacial score (nSPS) is 12.7. The molecule has 0 amide bonds. The number of alkyl halides is 3. The summed E-state index contributed by atoms with van der Waals surface area (Å²) in [6.07, 6.45) is -4.47. The molecule has 0 fully saturated rings. The van der Waals surface area contributed by atoms with Crippen molar-refractivity contribution < 1.29 is 33.0 Å². The predicted molar refractivity (Wildman–Crippen MR) is 100 cm³/mol. The van der Waals surface area contributed by atoms with Crippen LogP contribution < -0.4 is 11.2 Å². The van der Waals surface area contributed by atoms with Crippen LogP contribution in [0.15, 0.2) is 47.3 Å². The maximum atomic E-state index is 12.7. The summed E-state index contributed by atoms with van der Waals surface area (Å²) in [5.41, 5.74) is 3.79. The minimum absolute atomic E-state index is 0.0457. The molecule has 1 atom stereocenters. The number of carbonyl (C=O) groups is 2. The van der Waals surface area contributed by atoms with Crippen LogP contribution in [-0.4, -0.2) is 28.0 Å².